The van der Waals surface area contributed by atoms with Gasteiger partial charge in [-0.1, -0.05) is 54.2 Å². The van der Waals surface area contributed by atoms with Gasteiger partial charge in [0.15, 0.2) is 10.9 Å². The maximum absolute atomic E-state index is 12.9. The standard InChI is InChI=1S/C23H22N4OS/c1-15-11-21(25-20-10-5-4-9-19(15)20)22(28)13-17-7-6-8-18(12-17)16(2)29-23-26-24-14-27(23)3/h4-12,14,16H,13H2,1-3H3/t16-/m0/s1. The van der Waals surface area contributed by atoms with E-state index in [0.717, 1.165) is 32.7 Å². The number of aryl methyl sites for hydroxylation is 2. The molecular formula is C23H22N4OS. The van der Waals surface area contributed by atoms with Crippen LogP contribution in [0.4, 0.5) is 0 Å². The fraction of sp³-hybridized carbons (Fsp3) is 0.217. The summed E-state index contributed by atoms with van der Waals surface area (Å²) in [5, 5.41) is 10.2. The summed E-state index contributed by atoms with van der Waals surface area (Å²) in [7, 11) is 1.93. The predicted molar refractivity (Wildman–Crippen MR) is 116 cm³/mol. The molecule has 2 aromatic carbocycles. The summed E-state index contributed by atoms with van der Waals surface area (Å²) in [4.78, 5) is 17.5. The second-order valence-electron chi connectivity index (χ2n) is 7.17. The molecule has 1 atom stereocenters. The van der Waals surface area contributed by atoms with E-state index in [1.54, 1.807) is 18.1 Å². The van der Waals surface area contributed by atoms with E-state index in [-0.39, 0.29) is 11.0 Å². The molecule has 0 saturated heterocycles. The Kier molecular flexibility index (Phi) is 5.45. The van der Waals surface area contributed by atoms with Crippen molar-refractivity contribution < 1.29 is 4.79 Å². The highest BCUT2D eigenvalue weighted by Gasteiger charge is 2.14. The van der Waals surface area contributed by atoms with Crippen molar-refractivity contribution in [1.82, 2.24) is 19.7 Å². The van der Waals surface area contributed by atoms with Gasteiger partial charge in [-0.2, -0.15) is 0 Å². The lowest BCUT2D eigenvalue weighted by molar-refractivity contribution is 0.0988. The van der Waals surface area contributed by atoms with Crippen LogP contribution in [0.3, 0.4) is 0 Å². The van der Waals surface area contributed by atoms with Crippen molar-refractivity contribution in [3.8, 4) is 0 Å². The minimum absolute atomic E-state index is 0.0320. The molecule has 0 spiro atoms. The van der Waals surface area contributed by atoms with Crippen LogP contribution in [0.5, 0.6) is 0 Å². The third-order valence-electron chi connectivity index (χ3n) is 4.95. The van der Waals surface area contributed by atoms with Crippen molar-refractivity contribution in [1.29, 1.82) is 0 Å². The van der Waals surface area contributed by atoms with Crippen LogP contribution < -0.4 is 0 Å². The molecule has 2 aromatic heterocycles. The van der Waals surface area contributed by atoms with Gasteiger partial charge in [-0.15, -0.1) is 10.2 Å². The summed E-state index contributed by atoms with van der Waals surface area (Å²) in [5.41, 5.74) is 4.60. The Labute approximate surface area is 174 Å². The van der Waals surface area contributed by atoms with Gasteiger partial charge < -0.3 is 4.57 Å². The minimum atomic E-state index is 0.0320. The minimum Gasteiger partial charge on any atom is -0.312 e. The number of pyridine rings is 1. The Bertz CT molecular complexity index is 1180. The van der Waals surface area contributed by atoms with Gasteiger partial charge in [-0.3, -0.25) is 4.79 Å². The van der Waals surface area contributed by atoms with E-state index in [0.29, 0.717) is 12.1 Å². The van der Waals surface area contributed by atoms with Crippen LogP contribution in [0.2, 0.25) is 0 Å². The van der Waals surface area contributed by atoms with Crippen molar-refractivity contribution in [2.45, 2.75) is 30.7 Å². The van der Waals surface area contributed by atoms with E-state index in [2.05, 4.69) is 34.2 Å². The number of carbonyl (C=O) groups excluding carboxylic acids is 1. The maximum Gasteiger partial charge on any atom is 0.191 e. The molecule has 0 N–H and O–H groups in total. The summed E-state index contributed by atoms with van der Waals surface area (Å²) < 4.78 is 1.91. The molecule has 2 heterocycles. The fourth-order valence-electron chi connectivity index (χ4n) is 3.33. The highest BCUT2D eigenvalue weighted by atomic mass is 32.2. The van der Waals surface area contributed by atoms with Crippen molar-refractivity contribution >= 4 is 28.4 Å². The quantitative estimate of drug-likeness (QED) is 0.337. The van der Waals surface area contributed by atoms with Crippen LogP contribution in [0.25, 0.3) is 10.9 Å². The van der Waals surface area contributed by atoms with Crippen LogP contribution in [-0.2, 0) is 13.5 Å². The highest BCUT2D eigenvalue weighted by Crippen LogP contribution is 2.33. The number of hydrogen-bond acceptors (Lipinski definition) is 5. The summed E-state index contributed by atoms with van der Waals surface area (Å²) in [6.45, 7) is 4.15. The first-order valence-corrected chi connectivity index (χ1v) is 10.4. The first-order chi connectivity index (χ1) is 14.0. The highest BCUT2D eigenvalue weighted by molar-refractivity contribution is 7.99. The van der Waals surface area contributed by atoms with Crippen molar-refractivity contribution in [3.63, 3.8) is 0 Å². The zero-order valence-electron chi connectivity index (χ0n) is 16.7. The number of thioether (sulfide) groups is 1. The zero-order chi connectivity index (χ0) is 20.4. The molecule has 4 rings (SSSR count). The molecule has 0 aliphatic rings. The van der Waals surface area contributed by atoms with E-state index in [1.165, 1.54) is 0 Å². The zero-order valence-corrected chi connectivity index (χ0v) is 17.5. The second-order valence-corrected chi connectivity index (χ2v) is 8.48. The Morgan fingerprint density at radius 1 is 1.14 bits per heavy atom. The van der Waals surface area contributed by atoms with Crippen LogP contribution >= 0.6 is 11.8 Å². The van der Waals surface area contributed by atoms with Crippen molar-refractivity contribution in [3.05, 3.63) is 83.3 Å². The fourth-order valence-corrected chi connectivity index (χ4v) is 4.24. The molecular weight excluding hydrogens is 380 g/mol. The Balaban J connectivity index is 1.53. The summed E-state index contributed by atoms with van der Waals surface area (Å²) in [6, 6.07) is 18.0. The largest absolute Gasteiger partial charge is 0.312 e. The molecule has 0 aliphatic heterocycles. The average molecular weight is 403 g/mol. The molecule has 29 heavy (non-hydrogen) atoms. The van der Waals surface area contributed by atoms with Gasteiger partial charge in [0.25, 0.3) is 0 Å². The molecule has 0 saturated carbocycles. The van der Waals surface area contributed by atoms with Crippen LogP contribution in [-0.4, -0.2) is 25.5 Å². The smallest absolute Gasteiger partial charge is 0.191 e. The van der Waals surface area contributed by atoms with E-state index in [1.807, 2.05) is 61.0 Å². The van der Waals surface area contributed by atoms with E-state index in [9.17, 15) is 4.79 Å². The lowest BCUT2D eigenvalue weighted by Gasteiger charge is -2.12. The SMILES string of the molecule is Cc1cc(C(=O)Cc2cccc([C@H](C)Sc3nncn3C)c2)nc2ccccc12. The average Bonchev–Trinajstić information content (AvgIpc) is 3.12. The molecule has 0 fully saturated rings. The number of Topliss-reactive ketones (excluding diaryl/α,β-unsaturated/α-hetero) is 1. The first kappa shape index (κ1) is 19.3. The number of carbonyl (C=O) groups is 1. The molecule has 5 nitrogen and oxygen atoms in total. The monoisotopic (exact) mass is 402 g/mol. The van der Waals surface area contributed by atoms with Gasteiger partial charge in [0.1, 0.15) is 12.0 Å². The number of aromatic nitrogens is 4. The lowest BCUT2D eigenvalue weighted by Crippen LogP contribution is -2.07. The lowest BCUT2D eigenvalue weighted by atomic mass is 10.0. The van der Waals surface area contributed by atoms with Gasteiger partial charge in [0.05, 0.1) is 5.52 Å². The van der Waals surface area contributed by atoms with Gasteiger partial charge in [0, 0.05) is 24.1 Å². The van der Waals surface area contributed by atoms with E-state index < -0.39 is 0 Å². The van der Waals surface area contributed by atoms with Gasteiger partial charge in [-0.05, 0) is 42.7 Å². The van der Waals surface area contributed by atoms with Crippen molar-refractivity contribution in [2.75, 3.05) is 0 Å². The van der Waals surface area contributed by atoms with Gasteiger partial charge in [0.2, 0.25) is 0 Å². The number of ketones is 1. The summed E-state index contributed by atoms with van der Waals surface area (Å²) in [6.07, 6.45) is 2.03. The van der Waals surface area contributed by atoms with Gasteiger partial charge >= 0.3 is 0 Å². The van der Waals surface area contributed by atoms with Crippen LogP contribution in [0.1, 0.15) is 39.4 Å². The van der Waals surface area contributed by atoms with Crippen LogP contribution in [0.15, 0.2) is 66.1 Å². The normalized spacial score (nSPS) is 12.2. The Morgan fingerprint density at radius 3 is 2.76 bits per heavy atom. The Hall–Kier alpha value is -2.99. The summed E-state index contributed by atoms with van der Waals surface area (Å²) in [5.74, 6) is 0.0320. The Morgan fingerprint density at radius 2 is 1.97 bits per heavy atom. The molecule has 146 valence electrons. The number of hydrogen-bond donors (Lipinski definition) is 0. The second kappa shape index (κ2) is 8.17. The predicted octanol–water partition coefficient (Wildman–Crippen LogP) is 4.95. The van der Waals surface area contributed by atoms with Crippen molar-refractivity contribution in [2.24, 2.45) is 7.05 Å². The van der Waals surface area contributed by atoms with E-state index >= 15 is 0 Å². The molecule has 4 aromatic rings. The molecule has 0 bridgehead atoms. The topological polar surface area (TPSA) is 60.7 Å². The third-order valence-corrected chi connectivity index (χ3v) is 6.15. The van der Waals surface area contributed by atoms with E-state index in [4.69, 9.17) is 0 Å². The number of fused-ring (bicyclic) bond motifs is 1. The molecule has 0 unspecified atom stereocenters. The number of benzene rings is 2. The number of nitrogens with zero attached hydrogens (tertiary/aromatic N) is 4. The summed E-state index contributed by atoms with van der Waals surface area (Å²) >= 11 is 1.65. The maximum atomic E-state index is 12.9. The molecule has 0 amide bonds. The number of rotatable bonds is 6. The number of para-hydroxylation sites is 1. The first-order valence-electron chi connectivity index (χ1n) is 9.50. The molecule has 0 radical (unpaired) electrons. The third kappa shape index (κ3) is 4.22. The van der Waals surface area contributed by atoms with Gasteiger partial charge in [-0.25, -0.2) is 4.98 Å². The van der Waals surface area contributed by atoms with Crippen LogP contribution in [0, 0.1) is 6.92 Å². The molecule has 6 heteroatoms. The molecule has 0 aliphatic carbocycles.